The largest absolute Gasteiger partial charge is 0.469 e. The molecule has 0 spiro atoms. The number of ether oxygens (including phenoxy) is 1. The van der Waals surface area contributed by atoms with E-state index in [4.69, 9.17) is 4.74 Å². The van der Waals surface area contributed by atoms with Crippen LogP contribution < -0.4 is 0 Å². The van der Waals surface area contributed by atoms with E-state index in [0.717, 1.165) is 32.1 Å². The maximum absolute atomic E-state index is 11.5. The number of hydrogen-bond donors (Lipinski definition) is 0. The van der Waals surface area contributed by atoms with Gasteiger partial charge in [-0.25, -0.2) is 0 Å². The summed E-state index contributed by atoms with van der Waals surface area (Å²) in [5.41, 5.74) is 1.34. The van der Waals surface area contributed by atoms with Crippen LogP contribution in [-0.4, -0.2) is 13.1 Å². The molecule has 1 rings (SSSR count). The van der Waals surface area contributed by atoms with Crippen LogP contribution >= 0.6 is 0 Å². The van der Waals surface area contributed by atoms with Gasteiger partial charge in [-0.15, -0.1) is 0 Å². The van der Waals surface area contributed by atoms with Gasteiger partial charge < -0.3 is 4.74 Å². The van der Waals surface area contributed by atoms with Crippen LogP contribution in [0.1, 0.15) is 38.2 Å². The van der Waals surface area contributed by atoms with E-state index in [1.54, 1.807) is 0 Å². The highest BCUT2D eigenvalue weighted by molar-refractivity contribution is 5.72. The lowest BCUT2D eigenvalue weighted by molar-refractivity contribution is -0.146. The molecule has 0 aliphatic carbocycles. The molecule has 2 heteroatoms. The first-order valence-electron chi connectivity index (χ1n) is 6.39. The maximum atomic E-state index is 11.5. The van der Waals surface area contributed by atoms with Crippen molar-refractivity contribution in [1.29, 1.82) is 0 Å². The predicted molar refractivity (Wildman–Crippen MR) is 69.8 cm³/mol. The van der Waals surface area contributed by atoms with Crippen LogP contribution in [0, 0.1) is 5.92 Å². The van der Waals surface area contributed by atoms with Gasteiger partial charge in [0.1, 0.15) is 0 Å². The van der Waals surface area contributed by atoms with Crippen LogP contribution in [0.25, 0.3) is 0 Å². The highest BCUT2D eigenvalue weighted by atomic mass is 16.5. The van der Waals surface area contributed by atoms with E-state index in [-0.39, 0.29) is 11.9 Å². The molecule has 0 heterocycles. The van der Waals surface area contributed by atoms with Gasteiger partial charge in [-0.3, -0.25) is 4.79 Å². The molecule has 0 saturated carbocycles. The second-order valence-electron chi connectivity index (χ2n) is 4.39. The number of hydrogen-bond acceptors (Lipinski definition) is 2. The number of aryl methyl sites for hydroxylation is 1. The molecule has 1 unspecified atom stereocenters. The predicted octanol–water partition coefficient (Wildman–Crippen LogP) is 3.60. The van der Waals surface area contributed by atoms with Gasteiger partial charge in [0.05, 0.1) is 13.0 Å². The first kappa shape index (κ1) is 13.8. The summed E-state index contributed by atoms with van der Waals surface area (Å²) in [5, 5.41) is 0. The molecule has 0 saturated heterocycles. The van der Waals surface area contributed by atoms with Gasteiger partial charge in [0.15, 0.2) is 0 Å². The minimum Gasteiger partial charge on any atom is -0.469 e. The van der Waals surface area contributed by atoms with Gasteiger partial charge in [0.25, 0.3) is 0 Å². The van der Waals surface area contributed by atoms with E-state index in [0.29, 0.717) is 0 Å². The minimum absolute atomic E-state index is 0.0556. The van der Waals surface area contributed by atoms with E-state index in [1.165, 1.54) is 12.7 Å². The molecular weight excluding hydrogens is 212 g/mol. The zero-order valence-electron chi connectivity index (χ0n) is 10.8. The lowest BCUT2D eigenvalue weighted by atomic mass is 9.95. The quantitative estimate of drug-likeness (QED) is 0.674. The number of rotatable bonds is 7. The molecule has 0 aliphatic rings. The van der Waals surface area contributed by atoms with E-state index >= 15 is 0 Å². The third-order valence-corrected chi connectivity index (χ3v) is 3.03. The summed E-state index contributed by atoms with van der Waals surface area (Å²) in [6.07, 6.45) is 4.98. The number of methoxy groups -OCH3 is 1. The summed E-state index contributed by atoms with van der Waals surface area (Å²) in [7, 11) is 1.47. The van der Waals surface area contributed by atoms with Crippen molar-refractivity contribution in [3.8, 4) is 0 Å². The van der Waals surface area contributed by atoms with Crippen molar-refractivity contribution in [1.82, 2.24) is 0 Å². The Balaban J connectivity index is 2.34. The van der Waals surface area contributed by atoms with Crippen molar-refractivity contribution in [2.45, 2.75) is 39.0 Å². The Labute approximate surface area is 104 Å². The average Bonchev–Trinajstić information content (AvgIpc) is 2.38. The summed E-state index contributed by atoms with van der Waals surface area (Å²) in [4.78, 5) is 11.5. The topological polar surface area (TPSA) is 26.3 Å². The lowest BCUT2D eigenvalue weighted by Crippen LogP contribution is -2.16. The first-order chi connectivity index (χ1) is 8.27. The molecule has 0 fully saturated rings. The average molecular weight is 234 g/mol. The van der Waals surface area contributed by atoms with Crippen LogP contribution in [0.4, 0.5) is 0 Å². The molecule has 94 valence electrons. The molecular formula is C15H22O2. The van der Waals surface area contributed by atoms with E-state index < -0.39 is 0 Å². The Bertz CT molecular complexity index is 319. The fourth-order valence-corrected chi connectivity index (χ4v) is 2.09. The lowest BCUT2D eigenvalue weighted by Gasteiger charge is -2.13. The molecule has 1 aromatic carbocycles. The second kappa shape index (κ2) is 7.88. The summed E-state index contributed by atoms with van der Waals surface area (Å²) in [5.74, 6) is 0.0219. The number of carbonyl (C=O) groups excluding carboxylic acids is 1. The monoisotopic (exact) mass is 234 g/mol. The fourth-order valence-electron chi connectivity index (χ4n) is 2.09. The highest BCUT2D eigenvalue weighted by Gasteiger charge is 2.17. The van der Waals surface area contributed by atoms with Gasteiger partial charge in [-0.2, -0.15) is 0 Å². The molecule has 17 heavy (non-hydrogen) atoms. The van der Waals surface area contributed by atoms with Crippen molar-refractivity contribution in [3.05, 3.63) is 35.9 Å². The van der Waals surface area contributed by atoms with Crippen LogP contribution in [0.15, 0.2) is 30.3 Å². The first-order valence-corrected chi connectivity index (χ1v) is 6.39. The maximum Gasteiger partial charge on any atom is 0.308 e. The highest BCUT2D eigenvalue weighted by Crippen LogP contribution is 2.17. The molecule has 1 aromatic rings. The van der Waals surface area contributed by atoms with E-state index in [1.807, 2.05) is 6.07 Å². The summed E-state index contributed by atoms with van der Waals surface area (Å²) >= 11 is 0. The van der Waals surface area contributed by atoms with Crippen molar-refractivity contribution in [2.24, 2.45) is 5.92 Å². The third-order valence-electron chi connectivity index (χ3n) is 3.03. The zero-order valence-corrected chi connectivity index (χ0v) is 10.8. The Morgan fingerprint density at radius 2 is 1.94 bits per heavy atom. The Morgan fingerprint density at radius 1 is 1.24 bits per heavy atom. The van der Waals surface area contributed by atoms with Crippen LogP contribution in [-0.2, 0) is 16.0 Å². The Morgan fingerprint density at radius 3 is 2.53 bits per heavy atom. The van der Waals surface area contributed by atoms with Crippen LogP contribution in [0.5, 0.6) is 0 Å². The molecule has 2 nitrogen and oxygen atoms in total. The minimum atomic E-state index is -0.0556. The molecule has 0 aliphatic heterocycles. The SMILES string of the molecule is CCCC(CCCc1ccccc1)C(=O)OC. The Kier molecular flexibility index (Phi) is 6.38. The van der Waals surface area contributed by atoms with Gasteiger partial charge >= 0.3 is 5.97 Å². The second-order valence-corrected chi connectivity index (χ2v) is 4.39. The summed E-state index contributed by atoms with van der Waals surface area (Å²) in [6, 6.07) is 10.4. The molecule has 1 atom stereocenters. The van der Waals surface area contributed by atoms with Gasteiger partial charge in [-0.05, 0) is 31.2 Å². The van der Waals surface area contributed by atoms with E-state index in [9.17, 15) is 4.79 Å². The third kappa shape index (κ3) is 5.03. The van der Waals surface area contributed by atoms with Gasteiger partial charge in [-0.1, -0.05) is 43.7 Å². The number of benzene rings is 1. The molecule has 0 radical (unpaired) electrons. The van der Waals surface area contributed by atoms with Crippen molar-refractivity contribution < 1.29 is 9.53 Å². The van der Waals surface area contributed by atoms with Crippen LogP contribution in [0.3, 0.4) is 0 Å². The normalized spacial score (nSPS) is 12.1. The number of esters is 1. The molecule has 0 amide bonds. The summed E-state index contributed by atoms with van der Waals surface area (Å²) in [6.45, 7) is 2.10. The molecule has 0 bridgehead atoms. The standard InChI is InChI=1S/C15H22O2/c1-3-8-14(15(16)17-2)12-7-11-13-9-5-4-6-10-13/h4-6,9-10,14H,3,7-8,11-12H2,1-2H3. The van der Waals surface area contributed by atoms with Gasteiger partial charge in [0, 0.05) is 0 Å². The Hall–Kier alpha value is -1.31. The van der Waals surface area contributed by atoms with Crippen molar-refractivity contribution in [3.63, 3.8) is 0 Å². The van der Waals surface area contributed by atoms with E-state index in [2.05, 4.69) is 31.2 Å². The fraction of sp³-hybridized carbons (Fsp3) is 0.533. The molecule has 0 N–H and O–H groups in total. The van der Waals surface area contributed by atoms with Crippen LogP contribution in [0.2, 0.25) is 0 Å². The van der Waals surface area contributed by atoms with Crippen molar-refractivity contribution in [2.75, 3.05) is 7.11 Å². The smallest absolute Gasteiger partial charge is 0.308 e. The van der Waals surface area contributed by atoms with Gasteiger partial charge in [0.2, 0.25) is 0 Å². The number of carbonyl (C=O) groups is 1. The van der Waals surface area contributed by atoms with Crippen molar-refractivity contribution >= 4 is 5.97 Å². The summed E-state index contributed by atoms with van der Waals surface area (Å²) < 4.78 is 4.83. The molecule has 0 aromatic heterocycles. The zero-order chi connectivity index (χ0) is 12.5.